The predicted molar refractivity (Wildman–Crippen MR) is 65.1 cm³/mol. The van der Waals surface area contributed by atoms with Crippen molar-refractivity contribution in [3.05, 3.63) is 41.4 Å². The van der Waals surface area contributed by atoms with Gasteiger partial charge in [-0.2, -0.15) is 0 Å². The number of alkyl halides is 1. The van der Waals surface area contributed by atoms with Crippen LogP contribution in [0.4, 0.5) is 0 Å². The minimum Gasteiger partial charge on any atom is -0.286 e. The Bertz CT molecular complexity index is 675. The van der Waals surface area contributed by atoms with Gasteiger partial charge in [0.25, 0.3) is 0 Å². The zero-order valence-electron chi connectivity index (χ0n) is 8.19. The molecule has 2 heterocycles. The largest absolute Gasteiger partial charge is 0.286 e. The standard InChI is InChI=1S/C11H7Cl2N3/c12-6-9-15-8-3-1-2-7(13)10(8)11-14-4-5-16(9)11/h1-5H,6H2. The van der Waals surface area contributed by atoms with Crippen molar-refractivity contribution in [2.75, 3.05) is 0 Å². The fraction of sp³-hybridized carbons (Fsp3) is 0.0909. The minimum absolute atomic E-state index is 0.343. The maximum atomic E-state index is 6.16. The summed E-state index contributed by atoms with van der Waals surface area (Å²) < 4.78 is 1.86. The van der Waals surface area contributed by atoms with E-state index < -0.39 is 0 Å². The molecule has 0 amide bonds. The maximum absolute atomic E-state index is 6.16. The lowest BCUT2D eigenvalue weighted by Crippen LogP contribution is -1.99. The van der Waals surface area contributed by atoms with E-state index in [1.54, 1.807) is 6.20 Å². The zero-order valence-corrected chi connectivity index (χ0v) is 9.70. The average Bonchev–Trinajstić information content (AvgIpc) is 2.76. The molecule has 0 aliphatic carbocycles. The van der Waals surface area contributed by atoms with E-state index in [1.165, 1.54) is 0 Å². The Morgan fingerprint density at radius 2 is 2.19 bits per heavy atom. The van der Waals surface area contributed by atoms with Crippen LogP contribution in [0.3, 0.4) is 0 Å². The van der Waals surface area contributed by atoms with Gasteiger partial charge in [0.1, 0.15) is 11.5 Å². The van der Waals surface area contributed by atoms with Crippen molar-refractivity contribution in [3.8, 4) is 0 Å². The molecule has 0 radical (unpaired) electrons. The summed E-state index contributed by atoms with van der Waals surface area (Å²) in [7, 11) is 0. The van der Waals surface area contributed by atoms with Gasteiger partial charge in [-0.1, -0.05) is 17.7 Å². The van der Waals surface area contributed by atoms with Crippen LogP contribution in [0.2, 0.25) is 5.02 Å². The smallest absolute Gasteiger partial charge is 0.149 e. The molecular weight excluding hydrogens is 245 g/mol. The number of fused-ring (bicyclic) bond motifs is 3. The zero-order chi connectivity index (χ0) is 11.1. The van der Waals surface area contributed by atoms with Gasteiger partial charge in [0.05, 0.1) is 21.8 Å². The first-order valence-electron chi connectivity index (χ1n) is 4.77. The molecule has 16 heavy (non-hydrogen) atoms. The summed E-state index contributed by atoms with van der Waals surface area (Å²) in [5, 5.41) is 1.52. The molecule has 0 fully saturated rings. The molecule has 0 unspecified atom stereocenters. The van der Waals surface area contributed by atoms with E-state index in [4.69, 9.17) is 23.2 Å². The third-order valence-electron chi connectivity index (χ3n) is 2.50. The van der Waals surface area contributed by atoms with E-state index in [-0.39, 0.29) is 0 Å². The van der Waals surface area contributed by atoms with Crippen molar-refractivity contribution in [1.82, 2.24) is 14.4 Å². The van der Waals surface area contributed by atoms with Crippen LogP contribution >= 0.6 is 23.2 Å². The van der Waals surface area contributed by atoms with Gasteiger partial charge in [0.15, 0.2) is 0 Å². The van der Waals surface area contributed by atoms with E-state index >= 15 is 0 Å². The Morgan fingerprint density at radius 1 is 1.31 bits per heavy atom. The van der Waals surface area contributed by atoms with Gasteiger partial charge in [-0.15, -0.1) is 11.6 Å². The highest BCUT2D eigenvalue weighted by Crippen LogP contribution is 2.26. The van der Waals surface area contributed by atoms with E-state index in [9.17, 15) is 0 Å². The van der Waals surface area contributed by atoms with Crippen LogP contribution in [-0.4, -0.2) is 14.4 Å². The first-order chi connectivity index (χ1) is 7.81. The van der Waals surface area contributed by atoms with Crippen LogP contribution in [0.15, 0.2) is 30.6 Å². The third kappa shape index (κ3) is 1.29. The van der Waals surface area contributed by atoms with Gasteiger partial charge in [-0.3, -0.25) is 4.40 Å². The normalized spacial score (nSPS) is 11.4. The summed E-state index contributed by atoms with van der Waals surface area (Å²) in [6.07, 6.45) is 3.55. The predicted octanol–water partition coefficient (Wildman–Crippen LogP) is 3.27. The molecule has 0 aliphatic heterocycles. The highest BCUT2D eigenvalue weighted by molar-refractivity contribution is 6.36. The van der Waals surface area contributed by atoms with Crippen molar-refractivity contribution in [2.45, 2.75) is 5.88 Å². The van der Waals surface area contributed by atoms with Crippen molar-refractivity contribution in [1.29, 1.82) is 0 Å². The number of hydrogen-bond acceptors (Lipinski definition) is 2. The molecule has 0 saturated carbocycles. The van der Waals surface area contributed by atoms with Crippen LogP contribution in [0.25, 0.3) is 16.6 Å². The number of rotatable bonds is 1. The molecule has 0 bridgehead atoms. The summed E-state index contributed by atoms with van der Waals surface area (Å²) in [5.41, 5.74) is 1.62. The maximum Gasteiger partial charge on any atom is 0.149 e. The summed E-state index contributed by atoms with van der Waals surface area (Å²) in [6.45, 7) is 0. The second-order valence-corrected chi connectivity index (χ2v) is 4.09. The van der Waals surface area contributed by atoms with Crippen molar-refractivity contribution in [2.24, 2.45) is 0 Å². The lowest BCUT2D eigenvalue weighted by atomic mass is 10.2. The van der Waals surface area contributed by atoms with Crippen LogP contribution in [0.5, 0.6) is 0 Å². The van der Waals surface area contributed by atoms with Crippen LogP contribution in [0, 0.1) is 0 Å². The van der Waals surface area contributed by atoms with E-state index in [2.05, 4.69) is 9.97 Å². The molecule has 3 aromatic rings. The first kappa shape index (κ1) is 9.87. The minimum atomic E-state index is 0.343. The molecule has 5 heteroatoms. The second-order valence-electron chi connectivity index (χ2n) is 3.42. The Labute approximate surface area is 102 Å². The number of halogens is 2. The Hall–Kier alpha value is -1.32. The van der Waals surface area contributed by atoms with Gasteiger partial charge in [-0.25, -0.2) is 9.97 Å². The van der Waals surface area contributed by atoms with E-state index in [0.29, 0.717) is 10.9 Å². The number of benzene rings is 1. The molecule has 3 nitrogen and oxygen atoms in total. The third-order valence-corrected chi connectivity index (χ3v) is 3.06. The lowest BCUT2D eigenvalue weighted by molar-refractivity contribution is 0.993. The Morgan fingerprint density at radius 3 is 3.00 bits per heavy atom. The molecule has 0 aliphatic rings. The van der Waals surface area contributed by atoms with E-state index in [0.717, 1.165) is 22.4 Å². The highest BCUT2D eigenvalue weighted by Gasteiger charge is 2.10. The Balaban J connectivity index is 2.60. The Kier molecular flexibility index (Phi) is 2.23. The van der Waals surface area contributed by atoms with Crippen LogP contribution in [0.1, 0.15) is 5.82 Å². The van der Waals surface area contributed by atoms with Crippen LogP contribution < -0.4 is 0 Å². The van der Waals surface area contributed by atoms with Gasteiger partial charge >= 0.3 is 0 Å². The summed E-state index contributed by atoms with van der Waals surface area (Å²) in [4.78, 5) is 8.76. The molecule has 0 spiro atoms. The van der Waals surface area contributed by atoms with Gasteiger partial charge in [0, 0.05) is 12.4 Å². The molecule has 1 aromatic carbocycles. The molecule has 2 aromatic heterocycles. The van der Waals surface area contributed by atoms with E-state index in [1.807, 2.05) is 28.8 Å². The molecule has 0 saturated heterocycles. The fourth-order valence-corrected chi connectivity index (χ4v) is 2.25. The van der Waals surface area contributed by atoms with Crippen molar-refractivity contribution >= 4 is 39.8 Å². The fourth-order valence-electron chi connectivity index (χ4n) is 1.81. The number of nitrogens with zero attached hydrogens (tertiary/aromatic N) is 3. The molecule has 0 N–H and O–H groups in total. The number of aromatic nitrogens is 3. The number of hydrogen-bond donors (Lipinski definition) is 0. The molecule has 0 atom stereocenters. The average molecular weight is 252 g/mol. The molecular formula is C11H7Cl2N3. The first-order valence-corrected chi connectivity index (χ1v) is 5.68. The summed E-state index contributed by atoms with van der Waals surface area (Å²) >= 11 is 12.0. The van der Waals surface area contributed by atoms with Crippen LogP contribution in [-0.2, 0) is 5.88 Å². The molecule has 80 valence electrons. The van der Waals surface area contributed by atoms with Gasteiger partial charge < -0.3 is 0 Å². The van der Waals surface area contributed by atoms with Gasteiger partial charge in [-0.05, 0) is 12.1 Å². The SMILES string of the molecule is ClCc1nc2cccc(Cl)c2c2nccn12. The van der Waals surface area contributed by atoms with Crippen molar-refractivity contribution < 1.29 is 0 Å². The topological polar surface area (TPSA) is 30.2 Å². The monoisotopic (exact) mass is 251 g/mol. The summed E-state index contributed by atoms with van der Waals surface area (Å²) in [5.74, 6) is 1.11. The number of imidazole rings is 1. The van der Waals surface area contributed by atoms with Gasteiger partial charge in [0.2, 0.25) is 0 Å². The second kappa shape index (κ2) is 3.61. The van der Waals surface area contributed by atoms with Crippen molar-refractivity contribution in [3.63, 3.8) is 0 Å². The summed E-state index contributed by atoms with van der Waals surface area (Å²) in [6, 6.07) is 5.61. The highest BCUT2D eigenvalue weighted by atomic mass is 35.5. The molecule has 3 rings (SSSR count). The quantitative estimate of drug-likeness (QED) is 0.622. The lowest BCUT2D eigenvalue weighted by Gasteiger charge is -2.06.